The van der Waals surface area contributed by atoms with Crippen LogP contribution in [0.1, 0.15) is 11.1 Å². The molecular weight excluding hydrogens is 315 g/mol. The molecule has 2 aromatic carbocycles. The van der Waals surface area contributed by atoms with Crippen LogP contribution in [0.3, 0.4) is 0 Å². The molecule has 0 fully saturated rings. The zero-order chi connectivity index (χ0) is 17.7. The summed E-state index contributed by atoms with van der Waals surface area (Å²) >= 11 is 0. The molecule has 6 nitrogen and oxygen atoms in total. The third kappa shape index (κ3) is 4.28. The Hall–Kier alpha value is -2.96. The largest absolute Gasteiger partial charge is 0.494 e. The lowest BCUT2D eigenvalue weighted by Gasteiger charge is -2.17. The number of nitro benzene ring substituents is 1. The molecule has 24 heavy (non-hydrogen) atoms. The summed E-state index contributed by atoms with van der Waals surface area (Å²) in [7, 11) is 2.97. The quantitative estimate of drug-likeness (QED) is 0.602. The number of likely N-dealkylation sites (N-methyl/N-ethyl adjacent to an activating group) is 1. The number of hydrogen-bond acceptors (Lipinski definition) is 4. The average molecular weight is 332 g/mol. The molecule has 0 atom stereocenters. The van der Waals surface area contributed by atoms with Crippen molar-refractivity contribution < 1.29 is 18.8 Å². The molecule has 0 N–H and O–H groups in total. The smallest absolute Gasteiger partial charge is 0.269 e. The number of carbonyl (C=O) groups excluding carboxylic acids is 1. The molecule has 0 radical (unpaired) electrons. The van der Waals surface area contributed by atoms with E-state index in [0.717, 1.165) is 0 Å². The van der Waals surface area contributed by atoms with Crippen molar-refractivity contribution >= 4 is 11.6 Å². The molecule has 0 saturated carbocycles. The van der Waals surface area contributed by atoms with E-state index in [0.29, 0.717) is 11.1 Å². The summed E-state index contributed by atoms with van der Waals surface area (Å²) in [5.74, 6) is -0.619. The Bertz CT molecular complexity index is 764. The van der Waals surface area contributed by atoms with Crippen LogP contribution in [0, 0.1) is 15.9 Å². The van der Waals surface area contributed by atoms with E-state index < -0.39 is 10.7 Å². The first-order chi connectivity index (χ1) is 11.4. The first-order valence-corrected chi connectivity index (χ1v) is 7.20. The molecule has 0 unspecified atom stereocenters. The van der Waals surface area contributed by atoms with Crippen LogP contribution in [-0.2, 0) is 17.8 Å². The Kier molecular flexibility index (Phi) is 5.47. The number of carbonyl (C=O) groups is 1. The second-order valence-electron chi connectivity index (χ2n) is 5.32. The Labute approximate surface area is 138 Å². The second-order valence-corrected chi connectivity index (χ2v) is 5.32. The van der Waals surface area contributed by atoms with Crippen molar-refractivity contribution in [2.45, 2.75) is 13.0 Å². The molecule has 0 aromatic heterocycles. The maximum Gasteiger partial charge on any atom is 0.269 e. The number of ether oxygens (including phenoxy) is 1. The van der Waals surface area contributed by atoms with Gasteiger partial charge in [0.2, 0.25) is 5.91 Å². The molecule has 7 heteroatoms. The Morgan fingerprint density at radius 2 is 2.00 bits per heavy atom. The summed E-state index contributed by atoms with van der Waals surface area (Å²) in [5.41, 5.74) is 1.16. The van der Waals surface area contributed by atoms with Gasteiger partial charge in [0.25, 0.3) is 5.69 Å². The van der Waals surface area contributed by atoms with Gasteiger partial charge in [-0.2, -0.15) is 0 Å². The zero-order valence-electron chi connectivity index (χ0n) is 13.4. The summed E-state index contributed by atoms with van der Waals surface area (Å²) in [5, 5.41) is 10.8. The number of methoxy groups -OCH3 is 1. The van der Waals surface area contributed by atoms with Crippen LogP contribution in [-0.4, -0.2) is 29.9 Å². The molecule has 126 valence electrons. The van der Waals surface area contributed by atoms with Crippen molar-refractivity contribution in [2.75, 3.05) is 14.2 Å². The first kappa shape index (κ1) is 17.4. The van der Waals surface area contributed by atoms with E-state index in [1.807, 2.05) is 0 Å². The van der Waals surface area contributed by atoms with Crippen molar-refractivity contribution in [3.8, 4) is 5.75 Å². The van der Waals surface area contributed by atoms with E-state index in [4.69, 9.17) is 4.74 Å². The molecule has 2 aromatic rings. The summed E-state index contributed by atoms with van der Waals surface area (Å²) < 4.78 is 18.5. The van der Waals surface area contributed by atoms with E-state index in [1.165, 1.54) is 36.3 Å². The highest BCUT2D eigenvalue weighted by Crippen LogP contribution is 2.19. The Morgan fingerprint density at radius 3 is 2.62 bits per heavy atom. The maximum absolute atomic E-state index is 13.7. The van der Waals surface area contributed by atoms with Crippen LogP contribution >= 0.6 is 0 Å². The molecular formula is C17H17FN2O4. The lowest BCUT2D eigenvalue weighted by molar-refractivity contribution is -0.384. The highest BCUT2D eigenvalue weighted by atomic mass is 19.1. The number of hydrogen-bond donors (Lipinski definition) is 0. The fourth-order valence-corrected chi connectivity index (χ4v) is 2.26. The summed E-state index contributed by atoms with van der Waals surface area (Å²) in [4.78, 5) is 24.0. The van der Waals surface area contributed by atoms with Gasteiger partial charge in [0.15, 0.2) is 11.6 Å². The lowest BCUT2D eigenvalue weighted by atomic mass is 10.1. The van der Waals surface area contributed by atoms with Gasteiger partial charge in [-0.3, -0.25) is 14.9 Å². The SMILES string of the molecule is COc1ccc(CC(=O)N(C)Cc2cccc([N+](=O)[O-])c2)cc1F. The lowest BCUT2D eigenvalue weighted by Crippen LogP contribution is -2.27. The minimum Gasteiger partial charge on any atom is -0.494 e. The molecule has 0 saturated heterocycles. The van der Waals surface area contributed by atoms with Gasteiger partial charge in [-0.25, -0.2) is 4.39 Å². The molecule has 0 bridgehead atoms. The van der Waals surface area contributed by atoms with E-state index in [2.05, 4.69) is 0 Å². The van der Waals surface area contributed by atoms with Crippen molar-refractivity contribution in [1.29, 1.82) is 0 Å². The number of benzene rings is 2. The van der Waals surface area contributed by atoms with Gasteiger partial charge in [-0.15, -0.1) is 0 Å². The zero-order valence-corrected chi connectivity index (χ0v) is 13.4. The monoisotopic (exact) mass is 332 g/mol. The van der Waals surface area contributed by atoms with Gasteiger partial charge in [0, 0.05) is 25.7 Å². The average Bonchev–Trinajstić information content (AvgIpc) is 2.55. The van der Waals surface area contributed by atoms with Crippen LogP contribution in [0.25, 0.3) is 0 Å². The summed E-state index contributed by atoms with van der Waals surface area (Å²) in [6.45, 7) is 0.235. The minimum absolute atomic E-state index is 0.0226. The molecule has 0 spiro atoms. The van der Waals surface area contributed by atoms with E-state index in [-0.39, 0.29) is 30.3 Å². The van der Waals surface area contributed by atoms with E-state index in [1.54, 1.807) is 25.2 Å². The fourth-order valence-electron chi connectivity index (χ4n) is 2.26. The molecule has 0 heterocycles. The van der Waals surface area contributed by atoms with Crippen LogP contribution < -0.4 is 4.74 Å². The molecule has 0 aliphatic heterocycles. The number of halogens is 1. The molecule has 1 amide bonds. The van der Waals surface area contributed by atoms with Gasteiger partial charge in [0.05, 0.1) is 18.5 Å². The van der Waals surface area contributed by atoms with E-state index >= 15 is 0 Å². The van der Waals surface area contributed by atoms with Gasteiger partial charge in [0.1, 0.15) is 0 Å². The molecule has 0 aliphatic carbocycles. The molecule has 2 rings (SSSR count). The minimum atomic E-state index is -0.524. The Morgan fingerprint density at radius 1 is 1.25 bits per heavy atom. The van der Waals surface area contributed by atoms with Crippen molar-refractivity contribution in [3.05, 3.63) is 69.5 Å². The second kappa shape index (κ2) is 7.54. The van der Waals surface area contributed by atoms with Gasteiger partial charge in [-0.1, -0.05) is 18.2 Å². The third-order valence-corrected chi connectivity index (χ3v) is 3.54. The maximum atomic E-state index is 13.7. The van der Waals surface area contributed by atoms with Crippen LogP contribution in [0.5, 0.6) is 5.75 Å². The Balaban J connectivity index is 2.03. The van der Waals surface area contributed by atoms with Crippen molar-refractivity contribution in [2.24, 2.45) is 0 Å². The molecule has 0 aliphatic rings. The highest BCUT2D eigenvalue weighted by Gasteiger charge is 2.13. The van der Waals surface area contributed by atoms with Crippen molar-refractivity contribution in [1.82, 2.24) is 4.90 Å². The van der Waals surface area contributed by atoms with Crippen LogP contribution in [0.4, 0.5) is 10.1 Å². The summed E-state index contributed by atoms with van der Waals surface area (Å²) in [6.07, 6.45) is 0.0341. The van der Waals surface area contributed by atoms with Crippen molar-refractivity contribution in [3.63, 3.8) is 0 Å². The standard InChI is InChI=1S/C17H17FN2O4/c1-19(11-13-4-3-5-14(8-13)20(22)23)17(21)10-12-6-7-16(24-2)15(18)9-12/h3-9H,10-11H2,1-2H3. The number of nitrogens with zero attached hydrogens (tertiary/aromatic N) is 2. The number of non-ortho nitro benzene ring substituents is 1. The fraction of sp³-hybridized carbons (Fsp3) is 0.235. The highest BCUT2D eigenvalue weighted by molar-refractivity contribution is 5.78. The van der Waals surface area contributed by atoms with Crippen LogP contribution in [0.15, 0.2) is 42.5 Å². The third-order valence-electron chi connectivity index (χ3n) is 3.54. The van der Waals surface area contributed by atoms with Gasteiger partial charge < -0.3 is 9.64 Å². The number of rotatable bonds is 6. The topological polar surface area (TPSA) is 72.7 Å². The number of amides is 1. The normalized spacial score (nSPS) is 10.3. The predicted octanol–water partition coefficient (Wildman–Crippen LogP) is 2.94. The summed E-state index contributed by atoms with van der Waals surface area (Å²) in [6, 6.07) is 10.5. The first-order valence-electron chi connectivity index (χ1n) is 7.20. The number of nitro groups is 1. The van der Waals surface area contributed by atoms with Gasteiger partial charge >= 0.3 is 0 Å². The van der Waals surface area contributed by atoms with Crippen LogP contribution in [0.2, 0.25) is 0 Å². The van der Waals surface area contributed by atoms with Gasteiger partial charge in [-0.05, 0) is 23.3 Å². The predicted molar refractivity (Wildman–Crippen MR) is 86.2 cm³/mol. The van der Waals surface area contributed by atoms with E-state index in [9.17, 15) is 19.3 Å².